The number of aromatic nitrogens is 1. The van der Waals surface area contributed by atoms with Crippen molar-refractivity contribution in [3.63, 3.8) is 0 Å². The molecule has 2 aromatic rings. The van der Waals surface area contributed by atoms with E-state index < -0.39 is 29.2 Å². The quantitative estimate of drug-likeness (QED) is 0.710. The lowest BCUT2D eigenvalue weighted by atomic mass is 9.85. The Labute approximate surface area is 160 Å². The van der Waals surface area contributed by atoms with E-state index in [1.165, 1.54) is 18.2 Å². The minimum Gasteiger partial charge on any atom is -0.444 e. The van der Waals surface area contributed by atoms with Crippen molar-refractivity contribution in [2.75, 3.05) is 0 Å². The van der Waals surface area contributed by atoms with Crippen LogP contribution in [0.2, 0.25) is 0 Å². The van der Waals surface area contributed by atoms with E-state index in [9.17, 15) is 14.3 Å². The van der Waals surface area contributed by atoms with Gasteiger partial charge < -0.3 is 15.2 Å². The van der Waals surface area contributed by atoms with Crippen molar-refractivity contribution in [1.29, 1.82) is 0 Å². The third-order valence-corrected chi connectivity index (χ3v) is 4.20. The fraction of sp³-hybridized carbons (Fsp3) is 0.368. The number of nitrogens with one attached hydrogen (secondary N) is 1. The van der Waals surface area contributed by atoms with Crippen molar-refractivity contribution in [1.82, 2.24) is 10.3 Å². The van der Waals surface area contributed by atoms with Gasteiger partial charge in [0.15, 0.2) is 0 Å². The Morgan fingerprint density at radius 3 is 2.42 bits per heavy atom. The van der Waals surface area contributed by atoms with Crippen molar-refractivity contribution >= 4 is 22.0 Å². The summed E-state index contributed by atoms with van der Waals surface area (Å²) in [6.07, 6.45) is -2.13. The monoisotopic (exact) mass is 424 g/mol. The van der Waals surface area contributed by atoms with Crippen LogP contribution in [-0.2, 0) is 10.3 Å². The summed E-state index contributed by atoms with van der Waals surface area (Å²) in [6.45, 7) is 6.76. The number of benzene rings is 1. The number of aliphatic hydroxyl groups is 1. The third kappa shape index (κ3) is 4.80. The van der Waals surface area contributed by atoms with Gasteiger partial charge in [0.2, 0.25) is 0 Å². The maximum Gasteiger partial charge on any atom is 0.408 e. The number of hydrogen-bond donors (Lipinski definition) is 2. The predicted molar refractivity (Wildman–Crippen MR) is 100 cm³/mol. The molecule has 7 heteroatoms. The molecule has 0 saturated carbocycles. The van der Waals surface area contributed by atoms with Crippen LogP contribution in [0.3, 0.4) is 0 Å². The number of carbonyl (C=O) groups excluding carboxylic acids is 1. The van der Waals surface area contributed by atoms with E-state index in [-0.39, 0.29) is 5.56 Å². The van der Waals surface area contributed by atoms with Crippen molar-refractivity contribution in [3.05, 3.63) is 64.1 Å². The maximum absolute atomic E-state index is 14.2. The molecule has 1 heterocycles. The minimum atomic E-state index is -1.42. The van der Waals surface area contributed by atoms with Crippen LogP contribution in [0.5, 0.6) is 0 Å². The summed E-state index contributed by atoms with van der Waals surface area (Å²) in [7, 11) is 0. The molecule has 0 radical (unpaired) electrons. The molecule has 2 N–H and O–H groups in total. The first-order chi connectivity index (χ1) is 12.0. The molecular formula is C19H22BrFN2O3. The summed E-state index contributed by atoms with van der Waals surface area (Å²) in [6, 6.07) is 10.9. The van der Waals surface area contributed by atoms with Crippen molar-refractivity contribution in [3.8, 4) is 0 Å². The summed E-state index contributed by atoms with van der Waals surface area (Å²) in [5.41, 5.74) is -1.74. The van der Waals surface area contributed by atoms with Crippen LogP contribution < -0.4 is 5.32 Å². The van der Waals surface area contributed by atoms with Crippen molar-refractivity contribution in [2.45, 2.75) is 44.9 Å². The molecule has 1 aromatic heterocycles. The highest BCUT2D eigenvalue weighted by atomic mass is 79.9. The van der Waals surface area contributed by atoms with E-state index in [4.69, 9.17) is 4.74 Å². The zero-order valence-electron chi connectivity index (χ0n) is 15.1. The van der Waals surface area contributed by atoms with E-state index in [1.807, 2.05) is 0 Å². The SMILES string of the molecule is CC(C)(C)OC(=O)NC(C)(c1cccc(Br)n1)C(O)c1ccccc1F. The number of amides is 1. The number of nitrogens with zero attached hydrogens (tertiary/aromatic N) is 1. The second-order valence-electron chi connectivity index (χ2n) is 7.10. The second-order valence-corrected chi connectivity index (χ2v) is 7.91. The number of ether oxygens (including phenoxy) is 1. The third-order valence-electron chi connectivity index (χ3n) is 3.75. The zero-order chi connectivity index (χ0) is 19.5. The molecule has 0 aliphatic carbocycles. The first-order valence-electron chi connectivity index (χ1n) is 8.09. The molecule has 0 spiro atoms. The molecule has 2 rings (SSSR count). The molecule has 1 aromatic carbocycles. The zero-order valence-corrected chi connectivity index (χ0v) is 16.7. The van der Waals surface area contributed by atoms with Gasteiger partial charge in [-0.2, -0.15) is 0 Å². The van der Waals surface area contributed by atoms with Gasteiger partial charge in [0.1, 0.15) is 27.7 Å². The smallest absolute Gasteiger partial charge is 0.408 e. The van der Waals surface area contributed by atoms with Gasteiger partial charge in [-0.3, -0.25) is 0 Å². The Kier molecular flexibility index (Phi) is 6.03. The van der Waals surface area contributed by atoms with Gasteiger partial charge in [0.25, 0.3) is 0 Å². The first kappa shape index (κ1) is 20.3. The highest BCUT2D eigenvalue weighted by molar-refractivity contribution is 9.10. The average molecular weight is 425 g/mol. The van der Waals surface area contributed by atoms with Gasteiger partial charge in [-0.05, 0) is 61.8 Å². The van der Waals surface area contributed by atoms with Crippen LogP contribution in [0.15, 0.2) is 47.1 Å². The van der Waals surface area contributed by atoms with Gasteiger partial charge in [-0.1, -0.05) is 24.3 Å². The Bertz CT molecular complexity index is 794. The van der Waals surface area contributed by atoms with E-state index in [1.54, 1.807) is 52.0 Å². The first-order valence-corrected chi connectivity index (χ1v) is 8.89. The van der Waals surface area contributed by atoms with Gasteiger partial charge in [0.05, 0.1) is 5.69 Å². The minimum absolute atomic E-state index is 0.0489. The van der Waals surface area contributed by atoms with Gasteiger partial charge >= 0.3 is 6.09 Å². The lowest BCUT2D eigenvalue weighted by Gasteiger charge is -2.36. The second kappa shape index (κ2) is 7.72. The van der Waals surface area contributed by atoms with E-state index in [2.05, 4.69) is 26.2 Å². The topological polar surface area (TPSA) is 71.5 Å². The molecular weight excluding hydrogens is 403 g/mol. The lowest BCUT2D eigenvalue weighted by molar-refractivity contribution is 0.0214. The van der Waals surface area contributed by atoms with Crippen LogP contribution in [0.1, 0.15) is 45.1 Å². The van der Waals surface area contributed by atoms with Crippen LogP contribution in [0.25, 0.3) is 0 Å². The Balaban J connectivity index is 2.48. The Morgan fingerprint density at radius 1 is 1.19 bits per heavy atom. The Hall–Kier alpha value is -1.99. The predicted octanol–water partition coefficient (Wildman–Crippen LogP) is 4.46. The molecule has 2 unspecified atom stereocenters. The van der Waals surface area contributed by atoms with E-state index in [0.29, 0.717) is 10.3 Å². The number of aliphatic hydroxyl groups excluding tert-OH is 1. The molecule has 1 amide bonds. The number of rotatable bonds is 4. The summed E-state index contributed by atoms with van der Waals surface area (Å²) in [5.74, 6) is -0.577. The largest absolute Gasteiger partial charge is 0.444 e. The summed E-state index contributed by atoms with van der Waals surface area (Å²) in [5, 5.41) is 13.6. The number of halogens is 2. The normalized spacial score (nSPS) is 15.0. The van der Waals surface area contributed by atoms with Crippen molar-refractivity contribution in [2.24, 2.45) is 0 Å². The van der Waals surface area contributed by atoms with Crippen LogP contribution in [-0.4, -0.2) is 21.8 Å². The number of hydrogen-bond acceptors (Lipinski definition) is 4. The molecule has 0 saturated heterocycles. The molecule has 2 atom stereocenters. The van der Waals surface area contributed by atoms with Gasteiger partial charge in [-0.25, -0.2) is 14.2 Å². The molecule has 0 aliphatic rings. The number of carbonyl (C=O) groups is 1. The van der Waals surface area contributed by atoms with E-state index in [0.717, 1.165) is 0 Å². The molecule has 5 nitrogen and oxygen atoms in total. The van der Waals surface area contributed by atoms with Crippen LogP contribution in [0, 0.1) is 5.82 Å². The standard InChI is InChI=1S/C19H22BrFN2O3/c1-18(2,3)26-17(25)23-19(4,14-10-7-11-15(20)22-14)16(24)12-8-5-6-9-13(12)21/h5-11,16,24H,1-4H3,(H,23,25). The molecule has 0 aliphatic heterocycles. The number of alkyl carbamates (subject to hydrolysis) is 1. The molecule has 140 valence electrons. The molecule has 26 heavy (non-hydrogen) atoms. The molecule has 0 bridgehead atoms. The fourth-order valence-corrected chi connectivity index (χ4v) is 2.84. The van der Waals surface area contributed by atoms with Crippen LogP contribution >= 0.6 is 15.9 Å². The van der Waals surface area contributed by atoms with Crippen molar-refractivity contribution < 1.29 is 19.0 Å². The maximum atomic E-state index is 14.2. The van der Waals surface area contributed by atoms with Gasteiger partial charge in [0, 0.05) is 5.56 Å². The van der Waals surface area contributed by atoms with Gasteiger partial charge in [-0.15, -0.1) is 0 Å². The highest BCUT2D eigenvalue weighted by Crippen LogP contribution is 2.36. The summed E-state index contributed by atoms with van der Waals surface area (Å²) in [4.78, 5) is 16.7. The summed E-state index contributed by atoms with van der Waals surface area (Å²) >= 11 is 3.28. The number of pyridine rings is 1. The lowest BCUT2D eigenvalue weighted by Crippen LogP contribution is -2.50. The average Bonchev–Trinajstić information content (AvgIpc) is 2.52. The van der Waals surface area contributed by atoms with E-state index >= 15 is 0 Å². The summed E-state index contributed by atoms with van der Waals surface area (Å²) < 4.78 is 20.1. The fourth-order valence-electron chi connectivity index (χ4n) is 2.49. The van der Waals surface area contributed by atoms with Crippen LogP contribution in [0.4, 0.5) is 9.18 Å². The highest BCUT2D eigenvalue weighted by Gasteiger charge is 2.41. The molecule has 0 fully saturated rings. The Morgan fingerprint density at radius 2 is 1.85 bits per heavy atom.